The lowest BCUT2D eigenvalue weighted by atomic mass is 10.4. The van der Waals surface area contributed by atoms with E-state index in [1.165, 1.54) is 6.39 Å². The molecule has 1 aromatic heterocycles. The van der Waals surface area contributed by atoms with Gasteiger partial charge in [-0.15, -0.1) is 23.4 Å². The molecule has 0 saturated heterocycles. The van der Waals surface area contributed by atoms with Crippen LogP contribution in [0, 0.1) is 0 Å². The Hall–Kier alpha value is -1.42. The van der Waals surface area contributed by atoms with Gasteiger partial charge in [0.15, 0.2) is 0 Å². The molecular weight excluding hydrogens is 166 g/mol. The third-order valence-electron chi connectivity index (χ3n) is 1.54. The maximum absolute atomic E-state index is 5.02. The predicted molar refractivity (Wildman–Crippen MR) is 50.0 cm³/mol. The normalized spacial score (nSPS) is 10.2. The van der Waals surface area contributed by atoms with Gasteiger partial charge in [0.25, 0.3) is 0 Å². The van der Waals surface area contributed by atoms with Crippen LogP contribution < -0.4 is 0 Å². The van der Waals surface area contributed by atoms with Crippen molar-refractivity contribution >= 4 is 0 Å². The van der Waals surface area contributed by atoms with Crippen LogP contribution in [0.3, 0.4) is 0 Å². The molecule has 0 aromatic carbocycles. The minimum absolute atomic E-state index is 0.615. The number of rotatable bonds is 6. The summed E-state index contributed by atoms with van der Waals surface area (Å²) in [5, 5.41) is 7.39. The van der Waals surface area contributed by atoms with Gasteiger partial charge in [-0.1, -0.05) is 12.2 Å². The van der Waals surface area contributed by atoms with Gasteiger partial charge in [0.05, 0.1) is 6.54 Å². The molecule has 13 heavy (non-hydrogen) atoms. The molecule has 4 heteroatoms. The molecule has 0 aliphatic rings. The molecule has 1 aromatic rings. The van der Waals surface area contributed by atoms with Crippen molar-refractivity contribution in [2.24, 2.45) is 0 Å². The topological polar surface area (TPSA) is 42.2 Å². The molecular formula is C9H13N3O. The molecule has 0 aliphatic carbocycles. The van der Waals surface area contributed by atoms with Gasteiger partial charge in [0.2, 0.25) is 12.3 Å². The minimum Gasteiger partial charge on any atom is -0.427 e. The summed E-state index contributed by atoms with van der Waals surface area (Å²) in [6, 6.07) is 0. The molecule has 0 amide bonds. The average molecular weight is 179 g/mol. The first-order valence-electron chi connectivity index (χ1n) is 4.06. The maximum atomic E-state index is 5.02. The van der Waals surface area contributed by atoms with Crippen molar-refractivity contribution in [3.8, 4) is 0 Å². The zero-order chi connectivity index (χ0) is 9.52. The second kappa shape index (κ2) is 5.27. The summed E-state index contributed by atoms with van der Waals surface area (Å²) in [6.07, 6.45) is 5.00. The van der Waals surface area contributed by atoms with Gasteiger partial charge in [0.1, 0.15) is 0 Å². The Morgan fingerprint density at radius 2 is 2.08 bits per heavy atom. The van der Waals surface area contributed by atoms with E-state index in [-0.39, 0.29) is 0 Å². The van der Waals surface area contributed by atoms with E-state index in [9.17, 15) is 0 Å². The predicted octanol–water partition coefficient (Wildman–Crippen LogP) is 1.24. The van der Waals surface area contributed by atoms with Gasteiger partial charge in [0, 0.05) is 13.1 Å². The molecule has 0 N–H and O–H groups in total. The van der Waals surface area contributed by atoms with Crippen LogP contribution in [0.2, 0.25) is 0 Å². The minimum atomic E-state index is 0.615. The van der Waals surface area contributed by atoms with E-state index >= 15 is 0 Å². The maximum Gasteiger partial charge on any atom is 0.230 e. The molecule has 0 unspecified atom stereocenters. The van der Waals surface area contributed by atoms with E-state index in [0.29, 0.717) is 12.4 Å². The highest BCUT2D eigenvalue weighted by atomic mass is 16.4. The van der Waals surface area contributed by atoms with Crippen LogP contribution in [-0.2, 0) is 6.54 Å². The Morgan fingerprint density at radius 1 is 1.38 bits per heavy atom. The third kappa shape index (κ3) is 3.21. The summed E-state index contributed by atoms with van der Waals surface area (Å²) in [4.78, 5) is 2.09. The molecule has 0 atom stereocenters. The molecule has 0 radical (unpaired) electrons. The van der Waals surface area contributed by atoms with Crippen LogP contribution >= 0.6 is 0 Å². The second-order valence-electron chi connectivity index (χ2n) is 2.60. The van der Waals surface area contributed by atoms with Crippen LogP contribution in [0.25, 0.3) is 0 Å². The summed E-state index contributed by atoms with van der Waals surface area (Å²) < 4.78 is 5.02. The zero-order valence-electron chi connectivity index (χ0n) is 7.52. The Morgan fingerprint density at radius 3 is 2.54 bits per heavy atom. The molecule has 0 bridgehead atoms. The standard InChI is InChI=1S/C9H13N3O/c1-3-5-12(6-4-2)7-9-11-10-8-13-9/h3-4,8H,1-2,5-7H2. The highest BCUT2D eigenvalue weighted by Gasteiger charge is 2.05. The number of nitrogens with zero attached hydrogens (tertiary/aromatic N) is 3. The second-order valence-corrected chi connectivity index (χ2v) is 2.60. The van der Waals surface area contributed by atoms with Crippen LogP contribution in [0.1, 0.15) is 5.89 Å². The Kier molecular flexibility index (Phi) is 3.92. The Balaban J connectivity index is 2.46. The fourth-order valence-electron chi connectivity index (χ4n) is 1.02. The quantitative estimate of drug-likeness (QED) is 0.616. The SMILES string of the molecule is C=CCN(CC=C)Cc1nnco1. The molecule has 0 spiro atoms. The highest BCUT2D eigenvalue weighted by molar-refractivity contribution is 4.83. The van der Waals surface area contributed by atoms with Crippen molar-refractivity contribution in [2.75, 3.05) is 13.1 Å². The first-order chi connectivity index (χ1) is 6.36. The molecule has 4 nitrogen and oxygen atoms in total. The summed E-state index contributed by atoms with van der Waals surface area (Å²) >= 11 is 0. The molecule has 1 rings (SSSR count). The average Bonchev–Trinajstić information content (AvgIpc) is 2.58. The lowest BCUT2D eigenvalue weighted by Crippen LogP contribution is -2.23. The lowest BCUT2D eigenvalue weighted by Gasteiger charge is -2.15. The monoisotopic (exact) mass is 179 g/mol. The van der Waals surface area contributed by atoms with Crippen molar-refractivity contribution in [3.63, 3.8) is 0 Å². The van der Waals surface area contributed by atoms with Crippen LogP contribution in [-0.4, -0.2) is 28.2 Å². The Labute approximate surface area is 77.6 Å². The van der Waals surface area contributed by atoms with Crippen molar-refractivity contribution in [2.45, 2.75) is 6.54 Å². The van der Waals surface area contributed by atoms with Gasteiger partial charge in [-0.25, -0.2) is 0 Å². The van der Waals surface area contributed by atoms with Crippen molar-refractivity contribution in [3.05, 3.63) is 37.6 Å². The van der Waals surface area contributed by atoms with E-state index in [1.54, 1.807) is 0 Å². The van der Waals surface area contributed by atoms with Crippen LogP contribution in [0.4, 0.5) is 0 Å². The fraction of sp³-hybridized carbons (Fsp3) is 0.333. The third-order valence-corrected chi connectivity index (χ3v) is 1.54. The van der Waals surface area contributed by atoms with Crippen LogP contribution in [0.15, 0.2) is 36.1 Å². The number of aromatic nitrogens is 2. The number of hydrogen-bond acceptors (Lipinski definition) is 4. The van der Waals surface area contributed by atoms with E-state index in [4.69, 9.17) is 4.42 Å². The number of hydrogen-bond donors (Lipinski definition) is 0. The smallest absolute Gasteiger partial charge is 0.230 e. The zero-order valence-corrected chi connectivity index (χ0v) is 7.52. The summed E-state index contributed by atoms with van der Waals surface area (Å²) in [7, 11) is 0. The van der Waals surface area contributed by atoms with Crippen molar-refractivity contribution in [1.29, 1.82) is 0 Å². The van der Waals surface area contributed by atoms with Crippen molar-refractivity contribution in [1.82, 2.24) is 15.1 Å². The van der Waals surface area contributed by atoms with Crippen LogP contribution in [0.5, 0.6) is 0 Å². The van der Waals surface area contributed by atoms with Gasteiger partial charge in [-0.05, 0) is 0 Å². The first kappa shape index (κ1) is 9.67. The summed E-state index contributed by atoms with van der Waals surface area (Å²) in [6.45, 7) is 9.55. The van der Waals surface area contributed by atoms with Gasteiger partial charge in [-0.3, -0.25) is 4.90 Å². The fourth-order valence-corrected chi connectivity index (χ4v) is 1.02. The largest absolute Gasteiger partial charge is 0.427 e. The highest BCUT2D eigenvalue weighted by Crippen LogP contribution is 1.99. The molecule has 70 valence electrons. The van der Waals surface area contributed by atoms with E-state index < -0.39 is 0 Å². The van der Waals surface area contributed by atoms with Crippen molar-refractivity contribution < 1.29 is 4.42 Å². The molecule has 0 saturated carbocycles. The van der Waals surface area contributed by atoms with Gasteiger partial charge in [-0.2, -0.15) is 0 Å². The van der Waals surface area contributed by atoms with Gasteiger partial charge >= 0.3 is 0 Å². The summed E-state index contributed by atoms with van der Waals surface area (Å²) in [5.41, 5.74) is 0. The first-order valence-corrected chi connectivity index (χ1v) is 4.06. The van der Waals surface area contributed by atoms with E-state index in [1.807, 2.05) is 12.2 Å². The summed E-state index contributed by atoms with van der Waals surface area (Å²) in [5.74, 6) is 0.615. The molecule has 0 aliphatic heterocycles. The lowest BCUT2D eigenvalue weighted by molar-refractivity contribution is 0.288. The van der Waals surface area contributed by atoms with E-state index in [0.717, 1.165) is 13.1 Å². The molecule has 0 fully saturated rings. The Bertz CT molecular complexity index is 246. The van der Waals surface area contributed by atoms with Gasteiger partial charge < -0.3 is 4.42 Å². The molecule has 1 heterocycles. The van der Waals surface area contributed by atoms with E-state index in [2.05, 4.69) is 28.3 Å².